The number of benzene rings is 1. The number of halogens is 1. The summed E-state index contributed by atoms with van der Waals surface area (Å²) in [5.41, 5.74) is 3.28. The number of rotatable bonds is 2. The minimum Gasteiger partial charge on any atom is -0.444 e. The van der Waals surface area contributed by atoms with Crippen molar-refractivity contribution in [1.82, 2.24) is 10.2 Å². The van der Waals surface area contributed by atoms with Gasteiger partial charge in [0.2, 0.25) is 5.91 Å². The average Bonchev–Trinajstić information content (AvgIpc) is 2.88. The Morgan fingerprint density at radius 3 is 2.30 bits per heavy atom. The molecule has 1 aliphatic heterocycles. The molecule has 1 atom stereocenters. The number of fused-ring (bicyclic) bond motifs is 2. The first kappa shape index (κ1) is 23.4. The molecule has 1 aliphatic carbocycles. The predicted octanol–water partition coefficient (Wildman–Crippen LogP) is 5.27. The van der Waals surface area contributed by atoms with Crippen LogP contribution in [0.15, 0.2) is 12.1 Å². The van der Waals surface area contributed by atoms with Gasteiger partial charge < -0.3 is 15.0 Å². The summed E-state index contributed by atoms with van der Waals surface area (Å²) in [6, 6.07) is 4.67. The van der Waals surface area contributed by atoms with Crippen LogP contribution in [0.2, 0.25) is 0 Å². The number of ether oxygens (including phenoxy) is 1. The monoisotopic (exact) mass is 526 g/mol. The van der Waals surface area contributed by atoms with Crippen molar-refractivity contribution >= 4 is 34.6 Å². The molecule has 1 aromatic carbocycles. The molecule has 3 rings (SSSR count). The van der Waals surface area contributed by atoms with Gasteiger partial charge in [0.05, 0.1) is 0 Å². The van der Waals surface area contributed by atoms with Crippen LogP contribution in [0, 0.1) is 10.5 Å². The van der Waals surface area contributed by atoms with E-state index in [-0.39, 0.29) is 28.9 Å². The third kappa shape index (κ3) is 4.63. The number of carbonyl (C=O) groups excluding carboxylic acids is 2. The van der Waals surface area contributed by atoms with E-state index in [1.807, 2.05) is 25.7 Å². The highest BCUT2D eigenvalue weighted by atomic mass is 127. The molecular formula is C24H35IN2O3. The van der Waals surface area contributed by atoms with Crippen LogP contribution in [-0.2, 0) is 14.9 Å². The van der Waals surface area contributed by atoms with Crippen LogP contribution < -0.4 is 5.32 Å². The lowest BCUT2D eigenvalue weighted by atomic mass is 9.72. The summed E-state index contributed by atoms with van der Waals surface area (Å²) in [7, 11) is 0. The second-order valence-electron chi connectivity index (χ2n) is 10.6. The van der Waals surface area contributed by atoms with Gasteiger partial charge in [0.25, 0.3) is 0 Å². The summed E-state index contributed by atoms with van der Waals surface area (Å²) in [5.74, 6) is 0.254. The van der Waals surface area contributed by atoms with Gasteiger partial charge in [0.1, 0.15) is 5.60 Å². The normalized spacial score (nSPS) is 20.8. The lowest BCUT2D eigenvalue weighted by Gasteiger charge is -2.41. The Morgan fingerprint density at radius 1 is 1.17 bits per heavy atom. The van der Waals surface area contributed by atoms with E-state index in [0.29, 0.717) is 13.1 Å². The Morgan fingerprint density at radius 2 is 1.77 bits per heavy atom. The number of nitrogens with zero attached hydrogens (tertiary/aromatic N) is 1. The first-order chi connectivity index (χ1) is 13.7. The SMILES string of the molecule is CC(=O)NC(C)(C)C1CC2(CCN(C(=O)OC(C)(C)C)CC2)c2cc(I)c(C)cc21. The standard InChI is InChI=1S/C24H35IN2O3/c1-15-12-17-18(13-20(15)25)24(14-19(17)23(6,7)26-16(2)28)8-10-27(11-9-24)21(29)30-22(3,4)5/h12-13,19H,8-11,14H2,1-7H3,(H,26,28). The van der Waals surface area contributed by atoms with E-state index in [9.17, 15) is 9.59 Å². The fourth-order valence-electron chi connectivity index (χ4n) is 5.16. The molecule has 6 heteroatoms. The minimum absolute atomic E-state index is 0.00415. The highest BCUT2D eigenvalue weighted by molar-refractivity contribution is 14.1. The zero-order chi connectivity index (χ0) is 22.5. The van der Waals surface area contributed by atoms with E-state index in [2.05, 4.69) is 60.8 Å². The molecule has 1 saturated heterocycles. The largest absolute Gasteiger partial charge is 0.444 e. The summed E-state index contributed by atoms with van der Waals surface area (Å²) in [6.07, 6.45) is 2.62. The number of piperidine rings is 1. The molecule has 1 N–H and O–H groups in total. The van der Waals surface area contributed by atoms with Gasteiger partial charge in [-0.05, 0) is 112 Å². The predicted molar refractivity (Wildman–Crippen MR) is 128 cm³/mol. The molecule has 2 aliphatic rings. The Hall–Kier alpha value is -1.31. The number of carbonyl (C=O) groups is 2. The van der Waals surface area contributed by atoms with Crippen LogP contribution in [0.1, 0.15) is 83.4 Å². The van der Waals surface area contributed by atoms with Crippen molar-refractivity contribution in [2.24, 2.45) is 0 Å². The first-order valence-electron chi connectivity index (χ1n) is 10.8. The van der Waals surface area contributed by atoms with E-state index >= 15 is 0 Å². The number of aryl methyl sites for hydroxylation is 1. The van der Waals surface area contributed by atoms with Gasteiger partial charge in [0.15, 0.2) is 0 Å². The molecule has 1 aromatic rings. The fraction of sp³-hybridized carbons (Fsp3) is 0.667. The van der Waals surface area contributed by atoms with E-state index < -0.39 is 5.60 Å². The van der Waals surface area contributed by atoms with E-state index in [1.165, 1.54) is 20.3 Å². The van der Waals surface area contributed by atoms with Crippen LogP contribution in [-0.4, -0.2) is 41.1 Å². The lowest BCUT2D eigenvalue weighted by molar-refractivity contribution is -0.120. The van der Waals surface area contributed by atoms with Gasteiger partial charge >= 0.3 is 6.09 Å². The van der Waals surface area contributed by atoms with Crippen LogP contribution in [0.5, 0.6) is 0 Å². The maximum Gasteiger partial charge on any atom is 0.410 e. The van der Waals surface area contributed by atoms with Crippen LogP contribution in [0.25, 0.3) is 0 Å². The van der Waals surface area contributed by atoms with Gasteiger partial charge in [-0.3, -0.25) is 4.79 Å². The molecule has 1 heterocycles. The molecule has 0 radical (unpaired) electrons. The Bertz CT molecular complexity index is 849. The van der Waals surface area contributed by atoms with Gasteiger partial charge in [-0.1, -0.05) is 6.07 Å². The van der Waals surface area contributed by atoms with Crippen molar-refractivity contribution in [3.63, 3.8) is 0 Å². The molecule has 1 spiro atoms. The van der Waals surface area contributed by atoms with Gasteiger partial charge in [-0.25, -0.2) is 4.79 Å². The molecule has 30 heavy (non-hydrogen) atoms. The van der Waals surface area contributed by atoms with Crippen molar-refractivity contribution < 1.29 is 14.3 Å². The average molecular weight is 526 g/mol. The summed E-state index contributed by atoms with van der Waals surface area (Å²) in [6.45, 7) is 15.1. The highest BCUT2D eigenvalue weighted by Gasteiger charge is 2.50. The molecule has 0 aromatic heterocycles. The number of likely N-dealkylation sites (tertiary alicyclic amines) is 1. The Balaban J connectivity index is 1.90. The maximum absolute atomic E-state index is 12.6. The zero-order valence-electron chi connectivity index (χ0n) is 19.3. The molecule has 0 saturated carbocycles. The quantitative estimate of drug-likeness (QED) is 0.535. The summed E-state index contributed by atoms with van der Waals surface area (Å²) >= 11 is 2.42. The highest BCUT2D eigenvalue weighted by Crippen LogP contribution is 2.55. The van der Waals surface area contributed by atoms with Crippen molar-refractivity contribution in [2.45, 2.75) is 90.2 Å². The second-order valence-corrected chi connectivity index (χ2v) is 11.8. The Labute approximate surface area is 194 Å². The molecule has 1 unspecified atom stereocenters. The first-order valence-corrected chi connectivity index (χ1v) is 11.9. The van der Waals surface area contributed by atoms with Crippen molar-refractivity contribution in [1.29, 1.82) is 0 Å². The second kappa shape index (κ2) is 7.99. The van der Waals surface area contributed by atoms with Gasteiger partial charge in [0, 0.05) is 35.0 Å². The minimum atomic E-state index is -0.479. The molecule has 1 fully saturated rings. The van der Waals surface area contributed by atoms with E-state index in [0.717, 1.165) is 19.3 Å². The summed E-state index contributed by atoms with van der Waals surface area (Å²) in [5, 5.41) is 3.19. The molecule has 5 nitrogen and oxygen atoms in total. The topological polar surface area (TPSA) is 58.6 Å². The molecule has 2 amide bonds. The van der Waals surface area contributed by atoms with Crippen LogP contribution in [0.4, 0.5) is 4.79 Å². The van der Waals surface area contributed by atoms with Gasteiger partial charge in [-0.2, -0.15) is 0 Å². The van der Waals surface area contributed by atoms with Crippen LogP contribution >= 0.6 is 22.6 Å². The van der Waals surface area contributed by atoms with Crippen molar-refractivity contribution in [3.8, 4) is 0 Å². The molecule has 166 valence electrons. The third-order valence-electron chi connectivity index (χ3n) is 6.61. The summed E-state index contributed by atoms with van der Waals surface area (Å²) < 4.78 is 6.87. The van der Waals surface area contributed by atoms with E-state index in [1.54, 1.807) is 6.92 Å². The lowest BCUT2D eigenvalue weighted by Crippen LogP contribution is -2.48. The van der Waals surface area contributed by atoms with Crippen LogP contribution in [0.3, 0.4) is 0 Å². The molecule has 0 bridgehead atoms. The van der Waals surface area contributed by atoms with Gasteiger partial charge in [-0.15, -0.1) is 0 Å². The zero-order valence-corrected chi connectivity index (χ0v) is 21.5. The summed E-state index contributed by atoms with van der Waals surface area (Å²) in [4.78, 5) is 26.3. The number of nitrogens with one attached hydrogen (secondary N) is 1. The Kier molecular flexibility index (Phi) is 6.22. The molecular weight excluding hydrogens is 491 g/mol. The maximum atomic E-state index is 12.6. The van der Waals surface area contributed by atoms with Crippen molar-refractivity contribution in [3.05, 3.63) is 32.4 Å². The number of hydrogen-bond acceptors (Lipinski definition) is 3. The van der Waals surface area contributed by atoms with E-state index in [4.69, 9.17) is 4.74 Å². The number of amides is 2. The van der Waals surface area contributed by atoms with Crippen molar-refractivity contribution in [2.75, 3.05) is 13.1 Å². The fourth-order valence-corrected chi connectivity index (χ4v) is 5.63. The third-order valence-corrected chi connectivity index (χ3v) is 7.78. The number of hydrogen-bond donors (Lipinski definition) is 1. The smallest absolute Gasteiger partial charge is 0.410 e.